The molecule has 0 aromatic carbocycles. The Morgan fingerprint density at radius 1 is 1.42 bits per heavy atom. The van der Waals surface area contributed by atoms with E-state index in [1.807, 2.05) is 18.8 Å². The summed E-state index contributed by atoms with van der Waals surface area (Å²) >= 11 is 3.66. The number of aliphatic imine (C=N–C) groups is 1. The third-order valence-corrected chi connectivity index (χ3v) is 4.38. The predicted molar refractivity (Wildman–Crippen MR) is 89.7 cm³/mol. The van der Waals surface area contributed by atoms with E-state index >= 15 is 0 Å². The minimum Gasteiger partial charge on any atom is -0.356 e. The van der Waals surface area contributed by atoms with Crippen molar-refractivity contribution in [2.75, 3.05) is 32.1 Å². The molecule has 0 saturated carbocycles. The van der Waals surface area contributed by atoms with E-state index in [4.69, 9.17) is 0 Å². The van der Waals surface area contributed by atoms with Gasteiger partial charge in [0.05, 0.1) is 0 Å². The zero-order chi connectivity index (χ0) is 13.9. The molecule has 5 heteroatoms. The second kappa shape index (κ2) is 10.1. The first kappa shape index (κ1) is 16.4. The maximum atomic E-state index is 4.25. The van der Waals surface area contributed by atoms with Crippen LogP contribution in [0.15, 0.2) is 21.8 Å². The summed E-state index contributed by atoms with van der Waals surface area (Å²) in [7, 11) is 1.83. The highest BCUT2D eigenvalue weighted by atomic mass is 32.2. The van der Waals surface area contributed by atoms with Gasteiger partial charge in [0.15, 0.2) is 5.96 Å². The largest absolute Gasteiger partial charge is 0.356 e. The summed E-state index contributed by atoms with van der Waals surface area (Å²) in [5, 5.41) is 11.1. The van der Waals surface area contributed by atoms with Gasteiger partial charge < -0.3 is 10.6 Å². The smallest absolute Gasteiger partial charge is 0.190 e. The Bertz CT molecular complexity index is 350. The van der Waals surface area contributed by atoms with Gasteiger partial charge in [-0.1, -0.05) is 6.92 Å². The molecule has 1 heterocycles. The molecule has 0 aliphatic carbocycles. The van der Waals surface area contributed by atoms with Gasteiger partial charge in [-0.05, 0) is 53.2 Å². The van der Waals surface area contributed by atoms with Crippen LogP contribution in [0.2, 0.25) is 0 Å². The first-order valence-electron chi connectivity index (χ1n) is 6.73. The molecule has 0 radical (unpaired) electrons. The van der Waals surface area contributed by atoms with Crippen LogP contribution >= 0.6 is 23.1 Å². The molecular formula is C14H25N3S2. The number of thiophene rings is 1. The maximum absolute atomic E-state index is 4.25. The van der Waals surface area contributed by atoms with E-state index in [0.717, 1.165) is 19.0 Å². The fourth-order valence-electron chi connectivity index (χ4n) is 1.72. The van der Waals surface area contributed by atoms with E-state index in [1.165, 1.54) is 24.2 Å². The maximum Gasteiger partial charge on any atom is 0.190 e. The molecule has 0 aliphatic rings. The standard InChI is InChI=1S/C14H25N3S2/c1-12(13-6-9-19-11-13)10-17-14(15-2)16-7-4-5-8-18-3/h6,9,11-12H,4-5,7-8,10H2,1-3H3,(H2,15,16,17). The van der Waals surface area contributed by atoms with Crippen molar-refractivity contribution in [3.8, 4) is 0 Å². The molecular weight excluding hydrogens is 274 g/mol. The highest BCUT2D eigenvalue weighted by molar-refractivity contribution is 7.98. The molecule has 3 nitrogen and oxygen atoms in total. The summed E-state index contributed by atoms with van der Waals surface area (Å²) in [5.74, 6) is 2.66. The highest BCUT2D eigenvalue weighted by Gasteiger charge is 2.06. The van der Waals surface area contributed by atoms with E-state index < -0.39 is 0 Å². The minimum absolute atomic E-state index is 0.515. The molecule has 2 N–H and O–H groups in total. The molecule has 19 heavy (non-hydrogen) atoms. The van der Waals surface area contributed by atoms with Crippen molar-refractivity contribution in [1.29, 1.82) is 0 Å². The van der Waals surface area contributed by atoms with E-state index in [2.05, 4.69) is 45.6 Å². The van der Waals surface area contributed by atoms with E-state index in [1.54, 1.807) is 11.3 Å². The van der Waals surface area contributed by atoms with Gasteiger partial charge in [0, 0.05) is 20.1 Å². The number of unbranched alkanes of at least 4 members (excludes halogenated alkanes) is 1. The van der Waals surface area contributed by atoms with Crippen LogP contribution in [0.25, 0.3) is 0 Å². The average molecular weight is 300 g/mol. The van der Waals surface area contributed by atoms with Gasteiger partial charge in [0.25, 0.3) is 0 Å². The second-order valence-corrected chi connectivity index (χ2v) is 6.30. The van der Waals surface area contributed by atoms with Gasteiger partial charge in [-0.2, -0.15) is 23.1 Å². The first-order valence-corrected chi connectivity index (χ1v) is 9.07. The topological polar surface area (TPSA) is 36.4 Å². The van der Waals surface area contributed by atoms with Gasteiger partial charge >= 0.3 is 0 Å². The van der Waals surface area contributed by atoms with Gasteiger partial charge in [-0.25, -0.2) is 0 Å². The van der Waals surface area contributed by atoms with Crippen molar-refractivity contribution in [2.45, 2.75) is 25.7 Å². The van der Waals surface area contributed by atoms with Crippen LogP contribution < -0.4 is 10.6 Å². The Morgan fingerprint density at radius 3 is 2.89 bits per heavy atom. The number of guanidine groups is 1. The summed E-state index contributed by atoms with van der Waals surface area (Å²) in [4.78, 5) is 4.25. The molecule has 1 unspecified atom stereocenters. The van der Waals surface area contributed by atoms with Crippen LogP contribution in [0.5, 0.6) is 0 Å². The van der Waals surface area contributed by atoms with E-state index in [-0.39, 0.29) is 0 Å². The fourth-order valence-corrected chi connectivity index (χ4v) is 3.00. The Kier molecular flexibility index (Phi) is 8.75. The molecule has 0 amide bonds. The van der Waals surface area contributed by atoms with Crippen molar-refractivity contribution in [3.05, 3.63) is 22.4 Å². The highest BCUT2D eigenvalue weighted by Crippen LogP contribution is 2.16. The third kappa shape index (κ3) is 6.87. The van der Waals surface area contributed by atoms with Crippen LogP contribution in [0.1, 0.15) is 31.2 Å². The van der Waals surface area contributed by atoms with Crippen LogP contribution in [0.4, 0.5) is 0 Å². The fraction of sp³-hybridized carbons (Fsp3) is 0.643. The molecule has 0 aliphatic heterocycles. The minimum atomic E-state index is 0.515. The number of nitrogens with zero attached hydrogens (tertiary/aromatic N) is 1. The summed E-state index contributed by atoms with van der Waals surface area (Å²) in [6, 6.07) is 2.19. The Morgan fingerprint density at radius 2 is 2.26 bits per heavy atom. The van der Waals surface area contributed by atoms with Crippen LogP contribution in [-0.4, -0.2) is 38.1 Å². The van der Waals surface area contributed by atoms with Crippen molar-refractivity contribution in [2.24, 2.45) is 4.99 Å². The van der Waals surface area contributed by atoms with Gasteiger partial charge in [0.2, 0.25) is 0 Å². The predicted octanol–water partition coefficient (Wildman–Crippen LogP) is 3.16. The molecule has 1 aromatic rings. The monoisotopic (exact) mass is 299 g/mol. The zero-order valence-corrected chi connectivity index (χ0v) is 13.7. The van der Waals surface area contributed by atoms with Gasteiger partial charge in [-0.15, -0.1) is 0 Å². The zero-order valence-electron chi connectivity index (χ0n) is 12.1. The quantitative estimate of drug-likeness (QED) is 0.440. The lowest BCUT2D eigenvalue weighted by Crippen LogP contribution is -2.39. The summed E-state index contributed by atoms with van der Waals surface area (Å²) in [6.07, 6.45) is 4.61. The Hall–Kier alpha value is -0.680. The number of thioether (sulfide) groups is 1. The Labute approximate surface area is 125 Å². The number of hydrogen-bond donors (Lipinski definition) is 2. The number of nitrogens with one attached hydrogen (secondary N) is 2. The van der Waals surface area contributed by atoms with Crippen LogP contribution in [-0.2, 0) is 0 Å². The van der Waals surface area contributed by atoms with Crippen LogP contribution in [0.3, 0.4) is 0 Å². The van der Waals surface area contributed by atoms with Crippen molar-refractivity contribution >= 4 is 29.1 Å². The number of rotatable bonds is 8. The summed E-state index contributed by atoms with van der Waals surface area (Å²) in [5.41, 5.74) is 1.40. The lowest BCUT2D eigenvalue weighted by molar-refractivity contribution is 0.687. The molecule has 1 aromatic heterocycles. The van der Waals surface area contributed by atoms with E-state index in [9.17, 15) is 0 Å². The van der Waals surface area contributed by atoms with E-state index in [0.29, 0.717) is 5.92 Å². The molecule has 0 fully saturated rings. The van der Waals surface area contributed by atoms with Gasteiger partial charge in [-0.3, -0.25) is 4.99 Å². The Balaban J connectivity index is 2.18. The SMILES string of the molecule is CN=C(NCCCCSC)NCC(C)c1ccsc1. The lowest BCUT2D eigenvalue weighted by atomic mass is 10.1. The van der Waals surface area contributed by atoms with Crippen LogP contribution in [0, 0.1) is 0 Å². The molecule has 0 bridgehead atoms. The van der Waals surface area contributed by atoms with Gasteiger partial charge in [0.1, 0.15) is 0 Å². The van der Waals surface area contributed by atoms with Crippen molar-refractivity contribution < 1.29 is 0 Å². The first-order chi connectivity index (χ1) is 9.27. The molecule has 1 atom stereocenters. The second-order valence-electron chi connectivity index (χ2n) is 4.54. The lowest BCUT2D eigenvalue weighted by Gasteiger charge is -2.15. The molecule has 1 rings (SSSR count). The van der Waals surface area contributed by atoms with Crippen molar-refractivity contribution in [3.63, 3.8) is 0 Å². The average Bonchev–Trinajstić information content (AvgIpc) is 2.95. The van der Waals surface area contributed by atoms with Crippen molar-refractivity contribution in [1.82, 2.24) is 10.6 Å². The molecule has 0 saturated heterocycles. The summed E-state index contributed by atoms with van der Waals surface area (Å²) in [6.45, 7) is 4.15. The normalized spacial score (nSPS) is 13.3. The molecule has 108 valence electrons. The summed E-state index contributed by atoms with van der Waals surface area (Å²) < 4.78 is 0. The third-order valence-electron chi connectivity index (χ3n) is 2.98. The molecule has 0 spiro atoms. The number of hydrogen-bond acceptors (Lipinski definition) is 3.